The minimum atomic E-state index is -3.74. The number of aryl methyl sites for hydroxylation is 1. The van der Waals surface area contributed by atoms with E-state index in [-0.39, 0.29) is 23.7 Å². The lowest BCUT2D eigenvalue weighted by Gasteiger charge is -2.27. The molecule has 0 atom stereocenters. The molecular formula is C20H18ClN3O4S. The van der Waals surface area contributed by atoms with Gasteiger partial charge in [0.05, 0.1) is 16.3 Å². The SMILES string of the molecule is Cc1ccc(S(=O)(=O)N2CCc3c(c(C(=O)O)nn3-c3ccc(Cl)cc3)C2)cc1. The molecule has 0 amide bonds. The van der Waals surface area contributed by atoms with Crippen molar-refractivity contribution in [2.45, 2.75) is 24.8 Å². The molecule has 0 bridgehead atoms. The van der Waals surface area contributed by atoms with Crippen molar-refractivity contribution in [1.82, 2.24) is 14.1 Å². The number of nitrogens with zero attached hydrogens (tertiary/aromatic N) is 3. The van der Waals surface area contributed by atoms with E-state index in [0.717, 1.165) is 5.56 Å². The van der Waals surface area contributed by atoms with Crippen LogP contribution in [-0.4, -0.2) is 40.1 Å². The van der Waals surface area contributed by atoms with Crippen molar-refractivity contribution in [2.75, 3.05) is 6.54 Å². The summed E-state index contributed by atoms with van der Waals surface area (Å²) in [5, 5.41) is 14.4. The maximum atomic E-state index is 13.0. The van der Waals surface area contributed by atoms with Crippen LogP contribution in [-0.2, 0) is 23.0 Å². The molecule has 1 aliphatic rings. The summed E-state index contributed by atoms with van der Waals surface area (Å²) in [5.74, 6) is -1.19. The van der Waals surface area contributed by atoms with E-state index in [1.807, 2.05) is 6.92 Å². The van der Waals surface area contributed by atoms with Crippen molar-refractivity contribution < 1.29 is 18.3 Å². The molecule has 0 spiro atoms. The van der Waals surface area contributed by atoms with Crippen molar-refractivity contribution in [3.05, 3.63) is 76.1 Å². The summed E-state index contributed by atoms with van der Waals surface area (Å²) in [5.41, 5.74) is 2.60. The molecule has 4 rings (SSSR count). The number of hydrogen-bond donors (Lipinski definition) is 1. The first kappa shape index (κ1) is 19.6. The van der Waals surface area contributed by atoms with Gasteiger partial charge in [0.2, 0.25) is 10.0 Å². The number of aromatic carboxylic acids is 1. The van der Waals surface area contributed by atoms with Gasteiger partial charge in [-0.15, -0.1) is 0 Å². The molecule has 0 radical (unpaired) electrons. The van der Waals surface area contributed by atoms with Gasteiger partial charge in [-0.1, -0.05) is 29.3 Å². The second-order valence-electron chi connectivity index (χ2n) is 6.87. The zero-order valence-corrected chi connectivity index (χ0v) is 17.1. The van der Waals surface area contributed by atoms with Gasteiger partial charge in [0, 0.05) is 30.1 Å². The molecule has 7 nitrogen and oxygen atoms in total. The number of aromatic nitrogens is 2. The Balaban J connectivity index is 1.75. The van der Waals surface area contributed by atoms with Gasteiger partial charge in [-0.2, -0.15) is 9.40 Å². The van der Waals surface area contributed by atoms with Gasteiger partial charge < -0.3 is 5.11 Å². The number of sulfonamides is 1. The highest BCUT2D eigenvalue weighted by molar-refractivity contribution is 7.89. The first-order valence-electron chi connectivity index (χ1n) is 8.94. The van der Waals surface area contributed by atoms with Crippen molar-refractivity contribution >= 4 is 27.6 Å². The fourth-order valence-electron chi connectivity index (χ4n) is 3.43. The largest absolute Gasteiger partial charge is 0.476 e. The Morgan fingerprint density at radius 3 is 2.38 bits per heavy atom. The van der Waals surface area contributed by atoms with Crippen LogP contribution in [0.2, 0.25) is 5.02 Å². The Hall–Kier alpha value is -2.68. The van der Waals surface area contributed by atoms with Crippen LogP contribution in [0.3, 0.4) is 0 Å². The van der Waals surface area contributed by atoms with Crippen LogP contribution in [0.1, 0.15) is 27.3 Å². The second-order valence-corrected chi connectivity index (χ2v) is 9.24. The lowest BCUT2D eigenvalue weighted by atomic mass is 10.1. The van der Waals surface area contributed by atoms with E-state index in [4.69, 9.17) is 11.6 Å². The van der Waals surface area contributed by atoms with E-state index in [1.54, 1.807) is 53.2 Å². The van der Waals surface area contributed by atoms with Crippen LogP contribution in [0.4, 0.5) is 0 Å². The fraction of sp³-hybridized carbons (Fsp3) is 0.200. The van der Waals surface area contributed by atoms with E-state index in [0.29, 0.717) is 28.4 Å². The molecule has 0 saturated carbocycles. The molecule has 1 aliphatic heterocycles. The molecule has 0 unspecified atom stereocenters. The van der Waals surface area contributed by atoms with Crippen LogP contribution in [0.25, 0.3) is 5.69 Å². The smallest absolute Gasteiger partial charge is 0.356 e. The third kappa shape index (κ3) is 3.55. The van der Waals surface area contributed by atoms with Crippen molar-refractivity contribution in [1.29, 1.82) is 0 Å². The molecule has 0 saturated heterocycles. The molecule has 29 heavy (non-hydrogen) atoms. The number of carboxylic acid groups (broad SMARTS) is 1. The average molecular weight is 432 g/mol. The van der Waals surface area contributed by atoms with E-state index in [9.17, 15) is 18.3 Å². The number of hydrogen-bond acceptors (Lipinski definition) is 4. The molecule has 0 fully saturated rings. The van der Waals surface area contributed by atoms with Gasteiger partial charge in [0.15, 0.2) is 5.69 Å². The molecule has 1 aromatic heterocycles. The summed E-state index contributed by atoms with van der Waals surface area (Å²) < 4.78 is 28.9. The fourth-order valence-corrected chi connectivity index (χ4v) is 4.96. The summed E-state index contributed by atoms with van der Waals surface area (Å²) in [4.78, 5) is 12.0. The van der Waals surface area contributed by atoms with Gasteiger partial charge in [0.1, 0.15) is 0 Å². The number of benzene rings is 2. The molecule has 150 valence electrons. The van der Waals surface area contributed by atoms with E-state index in [2.05, 4.69) is 5.10 Å². The van der Waals surface area contributed by atoms with Gasteiger partial charge in [-0.25, -0.2) is 17.9 Å². The minimum Gasteiger partial charge on any atom is -0.476 e. The summed E-state index contributed by atoms with van der Waals surface area (Å²) in [7, 11) is -3.74. The monoisotopic (exact) mass is 431 g/mol. The number of halogens is 1. The minimum absolute atomic E-state index is 0.0409. The Labute approximate surface area is 173 Å². The van der Waals surface area contributed by atoms with Crippen molar-refractivity contribution in [3.8, 4) is 5.69 Å². The first-order valence-corrected chi connectivity index (χ1v) is 10.8. The lowest BCUT2D eigenvalue weighted by molar-refractivity contribution is 0.0688. The zero-order chi connectivity index (χ0) is 20.8. The van der Waals surface area contributed by atoms with Gasteiger partial charge in [0.25, 0.3) is 0 Å². The first-order chi connectivity index (χ1) is 13.8. The Morgan fingerprint density at radius 1 is 1.10 bits per heavy atom. The molecule has 0 aliphatic carbocycles. The molecule has 2 aromatic carbocycles. The maximum Gasteiger partial charge on any atom is 0.356 e. The summed E-state index contributed by atoms with van der Waals surface area (Å²) in [6, 6.07) is 13.5. The Bertz CT molecular complexity index is 1190. The van der Waals surface area contributed by atoms with Crippen LogP contribution in [0.15, 0.2) is 53.4 Å². The predicted octanol–water partition coefficient (Wildman–Crippen LogP) is 3.28. The molecule has 2 heterocycles. The topological polar surface area (TPSA) is 92.5 Å². The van der Waals surface area contributed by atoms with E-state index in [1.165, 1.54) is 4.31 Å². The lowest BCUT2D eigenvalue weighted by Crippen LogP contribution is -2.36. The third-order valence-electron chi connectivity index (χ3n) is 4.95. The number of carboxylic acids is 1. The van der Waals surface area contributed by atoms with Crippen molar-refractivity contribution in [3.63, 3.8) is 0 Å². The van der Waals surface area contributed by atoms with Crippen LogP contribution < -0.4 is 0 Å². The highest BCUT2D eigenvalue weighted by atomic mass is 35.5. The van der Waals surface area contributed by atoms with Gasteiger partial charge in [-0.05, 0) is 43.3 Å². The maximum absolute atomic E-state index is 13.0. The van der Waals surface area contributed by atoms with Crippen molar-refractivity contribution in [2.24, 2.45) is 0 Å². The van der Waals surface area contributed by atoms with E-state index >= 15 is 0 Å². The number of fused-ring (bicyclic) bond motifs is 1. The number of rotatable bonds is 4. The third-order valence-corrected chi connectivity index (χ3v) is 7.07. The normalized spacial score (nSPS) is 14.6. The van der Waals surface area contributed by atoms with Crippen LogP contribution >= 0.6 is 11.6 Å². The second kappa shape index (κ2) is 7.29. The molecule has 1 N–H and O–H groups in total. The van der Waals surface area contributed by atoms with Crippen LogP contribution in [0.5, 0.6) is 0 Å². The summed E-state index contributed by atoms with van der Waals surface area (Å²) >= 11 is 5.94. The summed E-state index contributed by atoms with van der Waals surface area (Å²) in [6.07, 6.45) is 0.351. The quantitative estimate of drug-likeness (QED) is 0.684. The van der Waals surface area contributed by atoms with E-state index < -0.39 is 16.0 Å². The predicted molar refractivity (Wildman–Crippen MR) is 108 cm³/mol. The highest BCUT2D eigenvalue weighted by Crippen LogP contribution is 2.29. The molecule has 3 aromatic rings. The summed E-state index contributed by atoms with van der Waals surface area (Å²) in [6.45, 7) is 2.08. The molecule has 9 heteroatoms. The molecular weight excluding hydrogens is 414 g/mol. The average Bonchev–Trinajstić information content (AvgIpc) is 3.08. The Kier molecular flexibility index (Phi) is 4.94. The highest BCUT2D eigenvalue weighted by Gasteiger charge is 2.34. The Morgan fingerprint density at radius 2 is 1.76 bits per heavy atom. The number of carbonyl (C=O) groups is 1. The standard InChI is InChI=1S/C20H18ClN3O4S/c1-13-2-8-16(9-3-13)29(27,28)23-11-10-18-17(12-23)19(20(25)26)22-24(18)15-6-4-14(21)5-7-15/h2-9H,10-12H2,1H3,(H,25,26). The van der Waals surface area contributed by atoms with Gasteiger partial charge in [-0.3, -0.25) is 0 Å². The van der Waals surface area contributed by atoms with Crippen LogP contribution in [0, 0.1) is 6.92 Å². The zero-order valence-electron chi connectivity index (χ0n) is 15.5. The van der Waals surface area contributed by atoms with Gasteiger partial charge >= 0.3 is 5.97 Å².